The monoisotopic (exact) mass is 584 g/mol. The van der Waals surface area contributed by atoms with Gasteiger partial charge in [0, 0.05) is 22.0 Å². The summed E-state index contributed by atoms with van der Waals surface area (Å²) in [5, 5.41) is 14.5. The van der Waals surface area contributed by atoms with E-state index in [0.717, 1.165) is 34.0 Å². The molecule has 0 saturated carbocycles. The maximum atomic E-state index is 13.4. The van der Waals surface area contributed by atoms with Crippen LogP contribution in [0.1, 0.15) is 47.8 Å². The number of fused-ring (bicyclic) bond motifs is 1. The molecule has 0 spiro atoms. The van der Waals surface area contributed by atoms with Crippen molar-refractivity contribution in [2.75, 3.05) is 7.11 Å². The Morgan fingerprint density at radius 2 is 2.00 bits per heavy atom. The Balaban J connectivity index is 1.73. The minimum atomic E-state index is -0.224. The summed E-state index contributed by atoms with van der Waals surface area (Å²) in [5.74, 6) is 1.70. The Labute approximate surface area is 236 Å². The van der Waals surface area contributed by atoms with Gasteiger partial charge in [-0.25, -0.2) is 4.98 Å². The van der Waals surface area contributed by atoms with E-state index in [-0.39, 0.29) is 12.2 Å². The fourth-order valence-corrected chi connectivity index (χ4v) is 4.58. The number of aromatic nitrogens is 2. The number of halogens is 1. The highest BCUT2D eigenvalue weighted by molar-refractivity contribution is 9.10. The van der Waals surface area contributed by atoms with Crippen LogP contribution in [0, 0.1) is 11.3 Å². The second-order valence-electron chi connectivity index (χ2n) is 8.92. The maximum absolute atomic E-state index is 13.4. The van der Waals surface area contributed by atoms with E-state index in [9.17, 15) is 10.1 Å². The zero-order chi connectivity index (χ0) is 27.8. The van der Waals surface area contributed by atoms with Gasteiger partial charge in [-0.05, 0) is 54.8 Å². The largest absolute Gasteiger partial charge is 0.493 e. The summed E-state index contributed by atoms with van der Waals surface area (Å²) in [6.07, 6.45) is 6.44. The Kier molecular flexibility index (Phi) is 9.29. The topological polar surface area (TPSA) is 89.5 Å². The van der Waals surface area contributed by atoms with Crippen LogP contribution in [-0.2, 0) is 19.4 Å². The van der Waals surface area contributed by atoms with E-state index in [1.165, 1.54) is 4.68 Å². The van der Waals surface area contributed by atoms with Crippen molar-refractivity contribution in [3.8, 4) is 17.6 Å². The molecule has 0 fully saturated rings. The lowest BCUT2D eigenvalue weighted by Crippen LogP contribution is -2.22. The fraction of sp³-hybridized carbons (Fsp3) is 0.226. The SMILES string of the molecule is C=CCc1cc(C=Nn2c(CCCC)nc3ccc(Br)cc3c2=O)cc(OC)c1OCc1ccccc1C#N. The molecule has 7 nitrogen and oxygen atoms in total. The summed E-state index contributed by atoms with van der Waals surface area (Å²) >= 11 is 3.44. The number of nitrogens with zero attached hydrogens (tertiary/aromatic N) is 4. The molecule has 0 atom stereocenters. The number of ether oxygens (including phenoxy) is 2. The number of methoxy groups -OCH3 is 1. The first-order valence-corrected chi connectivity index (χ1v) is 13.5. The Morgan fingerprint density at radius 1 is 1.18 bits per heavy atom. The molecule has 1 heterocycles. The highest BCUT2D eigenvalue weighted by Gasteiger charge is 2.15. The van der Waals surface area contributed by atoms with Gasteiger partial charge in [0.15, 0.2) is 11.5 Å². The first kappa shape index (κ1) is 27.8. The molecule has 0 aliphatic heterocycles. The normalized spacial score (nSPS) is 11.0. The highest BCUT2D eigenvalue weighted by atomic mass is 79.9. The van der Waals surface area contributed by atoms with Crippen LogP contribution >= 0.6 is 15.9 Å². The smallest absolute Gasteiger partial charge is 0.282 e. The van der Waals surface area contributed by atoms with E-state index in [4.69, 9.17) is 14.5 Å². The van der Waals surface area contributed by atoms with E-state index in [1.807, 2.05) is 42.5 Å². The number of benzene rings is 3. The predicted molar refractivity (Wildman–Crippen MR) is 158 cm³/mol. The van der Waals surface area contributed by atoms with Crippen LogP contribution in [-0.4, -0.2) is 23.0 Å². The Morgan fingerprint density at radius 3 is 2.74 bits per heavy atom. The van der Waals surface area contributed by atoms with Crippen molar-refractivity contribution in [1.29, 1.82) is 5.26 Å². The van der Waals surface area contributed by atoms with Crippen molar-refractivity contribution in [2.24, 2.45) is 5.10 Å². The van der Waals surface area contributed by atoms with Gasteiger partial charge in [-0.2, -0.15) is 15.0 Å². The molecule has 3 aromatic carbocycles. The van der Waals surface area contributed by atoms with Gasteiger partial charge in [0.25, 0.3) is 5.56 Å². The average Bonchev–Trinajstić information content (AvgIpc) is 2.95. The van der Waals surface area contributed by atoms with E-state index < -0.39 is 0 Å². The molecule has 0 aliphatic carbocycles. The molecular weight excluding hydrogens is 556 g/mol. The van der Waals surface area contributed by atoms with Crippen molar-refractivity contribution in [1.82, 2.24) is 9.66 Å². The molecule has 8 heteroatoms. The number of hydrogen-bond acceptors (Lipinski definition) is 6. The van der Waals surface area contributed by atoms with Crippen molar-refractivity contribution >= 4 is 33.0 Å². The lowest BCUT2D eigenvalue weighted by Gasteiger charge is -2.16. The molecule has 0 radical (unpaired) electrons. The van der Waals surface area contributed by atoms with Crippen LogP contribution in [0.15, 0.2) is 81.6 Å². The first-order chi connectivity index (χ1) is 19.0. The third-order valence-corrected chi connectivity index (χ3v) is 6.69. The van der Waals surface area contributed by atoms with E-state index in [2.05, 4.69) is 40.6 Å². The number of unbranched alkanes of at least 4 members (excludes halogenated alkanes) is 1. The third kappa shape index (κ3) is 6.44. The Bertz CT molecular complexity index is 1640. The molecule has 198 valence electrons. The lowest BCUT2D eigenvalue weighted by atomic mass is 10.1. The van der Waals surface area contributed by atoms with Crippen LogP contribution in [0.4, 0.5) is 0 Å². The molecule has 0 bridgehead atoms. The summed E-state index contributed by atoms with van der Waals surface area (Å²) < 4.78 is 14.0. The van der Waals surface area contributed by atoms with Crippen LogP contribution in [0.2, 0.25) is 0 Å². The zero-order valence-electron chi connectivity index (χ0n) is 22.0. The molecule has 39 heavy (non-hydrogen) atoms. The number of hydrogen-bond donors (Lipinski definition) is 0. The fourth-order valence-electron chi connectivity index (χ4n) is 4.22. The molecule has 1 aromatic heterocycles. The molecular formula is C31H29BrN4O3. The molecule has 0 amide bonds. The van der Waals surface area contributed by atoms with Gasteiger partial charge in [-0.1, -0.05) is 53.5 Å². The number of rotatable bonds is 11. The summed E-state index contributed by atoms with van der Waals surface area (Å²) in [6, 6.07) is 18.7. The Hall–Kier alpha value is -4.22. The maximum Gasteiger partial charge on any atom is 0.282 e. The summed E-state index contributed by atoms with van der Waals surface area (Å²) in [4.78, 5) is 18.1. The van der Waals surface area contributed by atoms with E-state index in [0.29, 0.717) is 46.6 Å². The van der Waals surface area contributed by atoms with Gasteiger partial charge in [0.1, 0.15) is 12.4 Å². The van der Waals surface area contributed by atoms with Crippen molar-refractivity contribution < 1.29 is 9.47 Å². The summed E-state index contributed by atoms with van der Waals surface area (Å²) in [7, 11) is 1.57. The van der Waals surface area contributed by atoms with Gasteiger partial charge in [-0.3, -0.25) is 4.79 Å². The van der Waals surface area contributed by atoms with Gasteiger partial charge in [-0.15, -0.1) is 6.58 Å². The van der Waals surface area contributed by atoms with Crippen LogP contribution in [0.5, 0.6) is 11.5 Å². The molecule has 0 N–H and O–H groups in total. The van der Waals surface area contributed by atoms with Crippen molar-refractivity contribution in [3.05, 3.63) is 110 Å². The van der Waals surface area contributed by atoms with Crippen LogP contribution < -0.4 is 15.0 Å². The first-order valence-electron chi connectivity index (χ1n) is 12.7. The van der Waals surface area contributed by atoms with Crippen molar-refractivity contribution in [2.45, 2.75) is 39.2 Å². The van der Waals surface area contributed by atoms with Crippen molar-refractivity contribution in [3.63, 3.8) is 0 Å². The van der Waals surface area contributed by atoms with Gasteiger partial charge in [0.05, 0.1) is 35.9 Å². The van der Waals surface area contributed by atoms with Gasteiger partial charge in [0.2, 0.25) is 0 Å². The molecule has 0 unspecified atom stereocenters. The van der Waals surface area contributed by atoms with Crippen LogP contribution in [0.3, 0.4) is 0 Å². The predicted octanol–water partition coefficient (Wildman–Crippen LogP) is 6.57. The van der Waals surface area contributed by atoms with E-state index >= 15 is 0 Å². The highest BCUT2D eigenvalue weighted by Crippen LogP contribution is 2.34. The van der Waals surface area contributed by atoms with Gasteiger partial charge < -0.3 is 9.47 Å². The lowest BCUT2D eigenvalue weighted by molar-refractivity contribution is 0.281. The number of nitriles is 1. The minimum absolute atomic E-state index is 0.214. The molecule has 4 aromatic rings. The van der Waals surface area contributed by atoms with E-state index in [1.54, 1.807) is 31.5 Å². The number of aryl methyl sites for hydroxylation is 1. The standard InChI is InChI=1S/C31H29BrN4O3/c1-4-6-12-29-35-27-14-13-25(32)17-26(27)31(37)36(29)34-19-21-15-22(9-5-2)30(28(16-21)38-3)39-20-24-11-8-7-10-23(24)18-33/h5,7-8,10-11,13-17,19H,2,4,6,9,12,20H2,1,3H3. The minimum Gasteiger partial charge on any atom is -0.493 e. The van der Waals surface area contributed by atoms with Gasteiger partial charge >= 0.3 is 0 Å². The average molecular weight is 586 g/mol. The zero-order valence-corrected chi connectivity index (χ0v) is 23.6. The second-order valence-corrected chi connectivity index (χ2v) is 9.83. The third-order valence-electron chi connectivity index (χ3n) is 6.20. The summed E-state index contributed by atoms with van der Waals surface area (Å²) in [5.41, 5.74) is 3.35. The molecule has 0 aliphatic rings. The van der Waals surface area contributed by atoms with Crippen LogP contribution in [0.25, 0.3) is 10.9 Å². The summed E-state index contributed by atoms with van der Waals surface area (Å²) in [6.45, 7) is 6.19. The second kappa shape index (κ2) is 13.0. The number of allylic oxidation sites excluding steroid dienone is 1. The molecule has 0 saturated heterocycles. The molecule has 4 rings (SSSR count). The quantitative estimate of drug-likeness (QED) is 0.147.